The second-order valence-corrected chi connectivity index (χ2v) is 5.64. The molecule has 0 aliphatic carbocycles. The zero-order valence-corrected chi connectivity index (χ0v) is 13.4. The van der Waals surface area contributed by atoms with Gasteiger partial charge in [0.1, 0.15) is 6.54 Å². The Hall–Kier alpha value is -2.90. The van der Waals surface area contributed by atoms with E-state index in [9.17, 15) is 14.4 Å². The standard InChI is InChI=1S/C16H19N5O3/c1-12(22)19-7-9-20(10-8-19)16(24)15-17-11-14(23)21(18-15)13-5-3-2-4-6-13/h2-6H,7-11H2,1H3,(H,17,18). The van der Waals surface area contributed by atoms with Crippen molar-refractivity contribution in [2.45, 2.75) is 6.92 Å². The maximum atomic E-state index is 12.6. The molecule has 2 aliphatic rings. The molecule has 1 N–H and O–H groups in total. The molecule has 0 unspecified atom stereocenters. The molecule has 8 heteroatoms. The Morgan fingerprint density at radius 3 is 2.29 bits per heavy atom. The van der Waals surface area contributed by atoms with Crippen LogP contribution in [0.2, 0.25) is 0 Å². The van der Waals surface area contributed by atoms with E-state index in [4.69, 9.17) is 0 Å². The van der Waals surface area contributed by atoms with Crippen LogP contribution in [0.1, 0.15) is 6.92 Å². The maximum absolute atomic E-state index is 12.6. The lowest BCUT2D eigenvalue weighted by Gasteiger charge is -2.35. The van der Waals surface area contributed by atoms with Crippen molar-refractivity contribution < 1.29 is 14.4 Å². The lowest BCUT2D eigenvalue weighted by molar-refractivity contribution is -0.135. The molecule has 126 valence electrons. The Morgan fingerprint density at radius 2 is 1.67 bits per heavy atom. The quantitative estimate of drug-likeness (QED) is 0.802. The van der Waals surface area contributed by atoms with Crippen LogP contribution >= 0.6 is 0 Å². The summed E-state index contributed by atoms with van der Waals surface area (Å²) in [6, 6.07) is 9.05. The average Bonchev–Trinajstić information content (AvgIpc) is 2.62. The summed E-state index contributed by atoms with van der Waals surface area (Å²) in [5, 5.41) is 1.34. The molecule has 1 aromatic carbocycles. The summed E-state index contributed by atoms with van der Waals surface area (Å²) in [5.74, 6) is -0.323. The van der Waals surface area contributed by atoms with Crippen LogP contribution in [0.15, 0.2) is 35.3 Å². The number of nitrogens with one attached hydrogen (secondary N) is 1. The molecule has 0 radical (unpaired) electrons. The number of hydrogen-bond acceptors (Lipinski definition) is 5. The third-order valence-corrected chi connectivity index (χ3v) is 4.07. The van der Waals surface area contributed by atoms with E-state index in [0.29, 0.717) is 31.9 Å². The minimum atomic E-state index is -0.258. The van der Waals surface area contributed by atoms with Crippen LogP contribution in [-0.2, 0) is 14.4 Å². The van der Waals surface area contributed by atoms with Gasteiger partial charge < -0.3 is 9.80 Å². The Balaban J connectivity index is 1.68. The van der Waals surface area contributed by atoms with Crippen molar-refractivity contribution in [1.82, 2.24) is 15.2 Å². The monoisotopic (exact) mass is 329 g/mol. The van der Waals surface area contributed by atoms with Crippen molar-refractivity contribution in [3.8, 4) is 0 Å². The third kappa shape index (κ3) is 3.22. The first kappa shape index (κ1) is 16.0. The maximum Gasteiger partial charge on any atom is 0.290 e. The van der Waals surface area contributed by atoms with E-state index in [-0.39, 0.29) is 30.1 Å². The molecule has 24 heavy (non-hydrogen) atoms. The molecule has 1 fully saturated rings. The minimum Gasteiger partial charge on any atom is -0.339 e. The molecule has 2 aliphatic heterocycles. The van der Waals surface area contributed by atoms with Gasteiger partial charge in [-0.2, -0.15) is 0 Å². The van der Waals surface area contributed by atoms with Crippen molar-refractivity contribution in [3.63, 3.8) is 0 Å². The van der Waals surface area contributed by atoms with Crippen LogP contribution in [0.5, 0.6) is 0 Å². The van der Waals surface area contributed by atoms with Gasteiger partial charge in [0.2, 0.25) is 11.7 Å². The molecule has 3 rings (SSSR count). The van der Waals surface area contributed by atoms with Crippen LogP contribution in [-0.4, -0.2) is 66.1 Å². The van der Waals surface area contributed by atoms with E-state index in [1.54, 1.807) is 21.9 Å². The molecule has 1 saturated heterocycles. The van der Waals surface area contributed by atoms with Crippen molar-refractivity contribution in [2.75, 3.05) is 37.7 Å². The highest BCUT2D eigenvalue weighted by molar-refractivity contribution is 6.39. The number of carbonyl (C=O) groups is 3. The smallest absolute Gasteiger partial charge is 0.290 e. The molecule has 3 amide bonds. The SMILES string of the molecule is CC(=O)N1CCN(C(=O)C2=NCC(=O)N(c3ccccc3)N2)CC1. The fourth-order valence-electron chi connectivity index (χ4n) is 2.70. The highest BCUT2D eigenvalue weighted by Crippen LogP contribution is 2.14. The summed E-state index contributed by atoms with van der Waals surface area (Å²) in [5.41, 5.74) is 3.47. The second-order valence-electron chi connectivity index (χ2n) is 5.64. The number of nitrogens with zero attached hydrogens (tertiary/aromatic N) is 4. The van der Waals surface area contributed by atoms with Gasteiger partial charge in [-0.3, -0.25) is 24.8 Å². The number of amidine groups is 1. The molecule has 0 spiro atoms. The second kappa shape index (κ2) is 6.69. The van der Waals surface area contributed by atoms with Crippen LogP contribution in [0.3, 0.4) is 0 Å². The van der Waals surface area contributed by atoms with Crippen LogP contribution < -0.4 is 10.4 Å². The predicted molar refractivity (Wildman–Crippen MR) is 88.2 cm³/mol. The summed E-state index contributed by atoms with van der Waals surface area (Å²) >= 11 is 0. The Bertz CT molecular complexity index is 680. The first-order chi connectivity index (χ1) is 11.6. The van der Waals surface area contributed by atoms with Gasteiger partial charge in [-0.25, -0.2) is 5.01 Å². The number of anilines is 1. The van der Waals surface area contributed by atoms with Gasteiger partial charge >= 0.3 is 0 Å². The summed E-state index contributed by atoms with van der Waals surface area (Å²) in [7, 11) is 0. The molecular formula is C16H19N5O3. The fraction of sp³-hybridized carbons (Fsp3) is 0.375. The molecule has 8 nitrogen and oxygen atoms in total. The average molecular weight is 329 g/mol. The summed E-state index contributed by atoms with van der Waals surface area (Å²) in [6.07, 6.45) is 0. The molecule has 0 bridgehead atoms. The molecule has 0 atom stereocenters. The molecule has 0 aromatic heterocycles. The van der Waals surface area contributed by atoms with Crippen molar-refractivity contribution in [2.24, 2.45) is 4.99 Å². The van der Waals surface area contributed by atoms with Gasteiger partial charge in [-0.1, -0.05) is 18.2 Å². The first-order valence-corrected chi connectivity index (χ1v) is 7.80. The van der Waals surface area contributed by atoms with Crippen molar-refractivity contribution in [3.05, 3.63) is 30.3 Å². The van der Waals surface area contributed by atoms with E-state index < -0.39 is 0 Å². The van der Waals surface area contributed by atoms with E-state index in [1.165, 1.54) is 11.9 Å². The van der Waals surface area contributed by atoms with E-state index in [1.807, 2.05) is 18.2 Å². The van der Waals surface area contributed by atoms with Gasteiger partial charge in [0.15, 0.2) is 0 Å². The molecule has 1 aromatic rings. The van der Waals surface area contributed by atoms with E-state index in [2.05, 4.69) is 10.4 Å². The molecular weight excluding hydrogens is 310 g/mol. The Kier molecular flexibility index (Phi) is 4.45. The number of carbonyl (C=O) groups excluding carboxylic acids is 3. The van der Waals surface area contributed by atoms with Gasteiger partial charge in [0, 0.05) is 33.1 Å². The van der Waals surface area contributed by atoms with Crippen molar-refractivity contribution >= 4 is 29.2 Å². The number of aliphatic imine (C=N–C) groups is 1. The number of para-hydroxylation sites is 1. The van der Waals surface area contributed by atoms with E-state index in [0.717, 1.165) is 0 Å². The highest BCUT2D eigenvalue weighted by Gasteiger charge is 2.30. The summed E-state index contributed by atoms with van der Waals surface area (Å²) < 4.78 is 0. The van der Waals surface area contributed by atoms with Crippen LogP contribution in [0.4, 0.5) is 5.69 Å². The zero-order chi connectivity index (χ0) is 17.1. The number of rotatable bonds is 2. The topological polar surface area (TPSA) is 85.3 Å². The van der Waals surface area contributed by atoms with Gasteiger partial charge in [-0.05, 0) is 12.1 Å². The molecule has 0 saturated carbocycles. The number of benzene rings is 1. The lowest BCUT2D eigenvalue weighted by atomic mass is 10.3. The normalized spacial score (nSPS) is 18.1. The number of hydrogen-bond donors (Lipinski definition) is 1. The first-order valence-electron chi connectivity index (χ1n) is 7.80. The highest BCUT2D eigenvalue weighted by atomic mass is 16.2. The van der Waals surface area contributed by atoms with Crippen LogP contribution in [0.25, 0.3) is 0 Å². The number of piperazine rings is 1. The fourth-order valence-corrected chi connectivity index (χ4v) is 2.70. The Morgan fingerprint density at radius 1 is 1.04 bits per heavy atom. The Labute approximate surface area is 139 Å². The lowest BCUT2D eigenvalue weighted by Crippen LogP contribution is -2.59. The zero-order valence-electron chi connectivity index (χ0n) is 13.4. The predicted octanol–water partition coefficient (Wildman–Crippen LogP) is -0.373. The van der Waals surface area contributed by atoms with Gasteiger partial charge in [0.25, 0.3) is 11.8 Å². The van der Waals surface area contributed by atoms with Crippen LogP contribution in [0, 0.1) is 0 Å². The molecule has 2 heterocycles. The van der Waals surface area contributed by atoms with E-state index >= 15 is 0 Å². The number of hydrazine groups is 1. The summed E-state index contributed by atoms with van der Waals surface area (Å²) in [4.78, 5) is 43.4. The minimum absolute atomic E-state index is 0.0103. The third-order valence-electron chi connectivity index (χ3n) is 4.07. The van der Waals surface area contributed by atoms with Gasteiger partial charge in [-0.15, -0.1) is 0 Å². The summed E-state index contributed by atoms with van der Waals surface area (Å²) in [6.45, 7) is 3.38. The van der Waals surface area contributed by atoms with Crippen molar-refractivity contribution in [1.29, 1.82) is 0 Å². The largest absolute Gasteiger partial charge is 0.339 e. The number of amides is 3. The van der Waals surface area contributed by atoms with Gasteiger partial charge in [0.05, 0.1) is 5.69 Å².